The Morgan fingerprint density at radius 1 is 1.04 bits per heavy atom. The minimum atomic E-state index is -3.15. The van der Waals surface area contributed by atoms with E-state index in [0.717, 1.165) is 17.5 Å². The summed E-state index contributed by atoms with van der Waals surface area (Å²) >= 11 is 0. The summed E-state index contributed by atoms with van der Waals surface area (Å²) in [6, 6.07) is 12.3. The molecule has 144 valence electrons. The molecule has 1 atom stereocenters. The van der Waals surface area contributed by atoms with Gasteiger partial charge in [-0.1, -0.05) is 0 Å². The zero-order chi connectivity index (χ0) is 19.7. The molecule has 0 aliphatic carbocycles. The largest absolute Gasteiger partial charge is 0.369 e. The molecule has 2 aromatic carbocycles. The fourth-order valence-electron chi connectivity index (χ4n) is 3.59. The van der Waals surface area contributed by atoms with Gasteiger partial charge in [0.2, 0.25) is 11.1 Å². The zero-order valence-corrected chi connectivity index (χ0v) is 15.9. The molecule has 0 bridgehead atoms. The SMILES string of the molecule is O=C=S(=O)(c1ccc2c(c1)CC(=O)N2)N1CCN(c2ccc(C=O)cc2)CC1. The molecular formula is C20H19N3O4S. The number of rotatable bonds is 4. The maximum Gasteiger partial charge on any atom is 0.228 e. The molecule has 4 rings (SSSR count). The molecule has 0 saturated carbocycles. The third kappa shape index (κ3) is 3.22. The van der Waals surface area contributed by atoms with Crippen LogP contribution in [0.3, 0.4) is 0 Å². The summed E-state index contributed by atoms with van der Waals surface area (Å²) in [7, 11) is -3.15. The van der Waals surface area contributed by atoms with Crippen LogP contribution in [0, 0.1) is 0 Å². The van der Waals surface area contributed by atoms with Crippen molar-refractivity contribution < 1.29 is 18.6 Å². The number of benzene rings is 2. The Hall–Kier alpha value is -2.93. The lowest BCUT2D eigenvalue weighted by atomic mass is 10.2. The monoisotopic (exact) mass is 397 g/mol. The van der Waals surface area contributed by atoms with Crippen molar-refractivity contribution in [3.8, 4) is 0 Å². The molecule has 2 heterocycles. The predicted octanol–water partition coefficient (Wildman–Crippen LogP) is 1.44. The fraction of sp³-hybridized carbons (Fsp3) is 0.250. The molecular weight excluding hydrogens is 378 g/mol. The van der Waals surface area contributed by atoms with Crippen LogP contribution in [0.1, 0.15) is 15.9 Å². The summed E-state index contributed by atoms with van der Waals surface area (Å²) in [5, 5.41) is 4.51. The Kier molecular flexibility index (Phi) is 4.77. The minimum absolute atomic E-state index is 0.108. The van der Waals surface area contributed by atoms with Crippen LogP contribution in [0.15, 0.2) is 47.4 Å². The highest BCUT2D eigenvalue weighted by atomic mass is 32.2. The van der Waals surface area contributed by atoms with Gasteiger partial charge in [0.15, 0.2) is 0 Å². The van der Waals surface area contributed by atoms with E-state index in [2.05, 4.69) is 10.2 Å². The first kappa shape index (κ1) is 18.4. The van der Waals surface area contributed by atoms with Crippen molar-refractivity contribution in [3.05, 3.63) is 53.6 Å². The molecule has 8 heteroatoms. The Bertz CT molecular complexity index is 1080. The van der Waals surface area contributed by atoms with Crippen LogP contribution in [0.2, 0.25) is 0 Å². The van der Waals surface area contributed by atoms with Gasteiger partial charge >= 0.3 is 0 Å². The number of piperazine rings is 1. The number of carbonyl (C=O) groups is 2. The van der Waals surface area contributed by atoms with Gasteiger partial charge < -0.3 is 10.2 Å². The molecule has 1 N–H and O–H groups in total. The van der Waals surface area contributed by atoms with Crippen LogP contribution in [0.4, 0.5) is 11.4 Å². The van der Waals surface area contributed by atoms with E-state index in [-0.39, 0.29) is 12.3 Å². The number of aldehydes is 1. The summed E-state index contributed by atoms with van der Waals surface area (Å²) in [5.41, 5.74) is 3.05. The van der Waals surface area contributed by atoms with E-state index in [9.17, 15) is 18.6 Å². The first-order chi connectivity index (χ1) is 13.5. The van der Waals surface area contributed by atoms with Crippen LogP contribution >= 0.6 is 0 Å². The molecule has 1 fully saturated rings. The summed E-state index contributed by atoms with van der Waals surface area (Å²) < 4.78 is 15.1. The second-order valence-electron chi connectivity index (χ2n) is 6.78. The maximum absolute atomic E-state index is 13.5. The second-order valence-corrected chi connectivity index (χ2v) is 8.98. The van der Waals surface area contributed by atoms with Crippen LogP contribution in [-0.4, -0.2) is 52.1 Å². The van der Waals surface area contributed by atoms with Gasteiger partial charge in [-0.15, -0.1) is 0 Å². The Morgan fingerprint density at radius 3 is 2.39 bits per heavy atom. The van der Waals surface area contributed by atoms with Crippen molar-refractivity contribution in [2.45, 2.75) is 11.3 Å². The lowest BCUT2D eigenvalue weighted by Crippen LogP contribution is -2.48. The lowest BCUT2D eigenvalue weighted by Gasteiger charge is -2.36. The number of hydrogen-bond acceptors (Lipinski definition) is 5. The fourth-order valence-corrected chi connectivity index (χ4v) is 5.33. The average molecular weight is 397 g/mol. The highest BCUT2D eigenvalue weighted by molar-refractivity contribution is 7.98. The number of fused-ring (bicyclic) bond motifs is 1. The summed E-state index contributed by atoms with van der Waals surface area (Å²) in [6.07, 6.45) is 1.03. The molecule has 7 nitrogen and oxygen atoms in total. The number of anilines is 2. The van der Waals surface area contributed by atoms with Gasteiger partial charge in [0.05, 0.1) is 11.3 Å². The normalized spacial score (nSPS) is 18.7. The number of nitrogens with one attached hydrogen (secondary N) is 1. The molecule has 1 unspecified atom stereocenters. The van der Waals surface area contributed by atoms with Gasteiger partial charge in [0.1, 0.15) is 16.0 Å². The third-order valence-corrected chi connectivity index (χ3v) is 7.34. The number of amides is 1. The molecule has 0 aromatic heterocycles. The van der Waals surface area contributed by atoms with Gasteiger partial charge in [0.25, 0.3) is 0 Å². The molecule has 2 aliphatic heterocycles. The van der Waals surface area contributed by atoms with E-state index in [0.29, 0.717) is 42.3 Å². The molecule has 28 heavy (non-hydrogen) atoms. The van der Waals surface area contributed by atoms with Gasteiger partial charge in [-0.3, -0.25) is 9.59 Å². The van der Waals surface area contributed by atoms with Crippen LogP contribution in [0.25, 0.3) is 0 Å². The Labute approximate surface area is 163 Å². The van der Waals surface area contributed by atoms with E-state index in [1.165, 1.54) is 0 Å². The third-order valence-electron chi connectivity index (χ3n) is 5.13. The Morgan fingerprint density at radius 2 is 1.75 bits per heavy atom. The van der Waals surface area contributed by atoms with Crippen molar-refractivity contribution in [1.29, 1.82) is 0 Å². The van der Waals surface area contributed by atoms with Crippen LogP contribution in [-0.2, 0) is 25.7 Å². The molecule has 2 aliphatic rings. The van der Waals surface area contributed by atoms with Gasteiger partial charge in [-0.25, -0.2) is 13.3 Å². The predicted molar refractivity (Wildman–Crippen MR) is 106 cm³/mol. The van der Waals surface area contributed by atoms with Crippen LogP contribution in [0.5, 0.6) is 0 Å². The summed E-state index contributed by atoms with van der Waals surface area (Å²) in [4.78, 5) is 36.6. The molecule has 0 spiro atoms. The lowest BCUT2D eigenvalue weighted by molar-refractivity contribution is -0.115. The first-order valence-electron chi connectivity index (χ1n) is 8.95. The number of nitrogens with zero attached hydrogens (tertiary/aromatic N) is 2. The minimum Gasteiger partial charge on any atom is -0.369 e. The van der Waals surface area contributed by atoms with E-state index >= 15 is 0 Å². The Balaban J connectivity index is 1.53. The van der Waals surface area contributed by atoms with Crippen molar-refractivity contribution in [2.75, 3.05) is 36.4 Å². The summed E-state index contributed by atoms with van der Waals surface area (Å²) in [6.45, 7) is 2.09. The van der Waals surface area contributed by atoms with Crippen molar-refractivity contribution >= 4 is 38.5 Å². The maximum atomic E-state index is 13.5. The van der Waals surface area contributed by atoms with E-state index in [4.69, 9.17) is 0 Å². The molecule has 1 amide bonds. The first-order valence-corrected chi connectivity index (χ1v) is 10.5. The van der Waals surface area contributed by atoms with E-state index in [1.54, 1.807) is 39.9 Å². The molecule has 1 saturated heterocycles. The molecule has 0 radical (unpaired) electrons. The highest BCUT2D eigenvalue weighted by Gasteiger charge is 2.28. The standard InChI is InChI=1S/C20H19N3O4S/c24-13-15-1-3-17(4-2-15)22-7-9-23(10-8-22)28(27,14-25)18-5-6-19-16(11-18)12-20(26)21-19/h1-6,11,13H,7-10,12H2,(H,21,26). The zero-order valence-electron chi connectivity index (χ0n) is 15.1. The number of carbonyl (C=O) groups excluding carboxylic acids is 3. The van der Waals surface area contributed by atoms with Gasteiger partial charge in [-0.2, -0.15) is 0 Å². The van der Waals surface area contributed by atoms with Gasteiger partial charge in [0, 0.05) is 43.1 Å². The second kappa shape index (κ2) is 7.24. The van der Waals surface area contributed by atoms with Gasteiger partial charge in [-0.05, 0) is 48.0 Å². The van der Waals surface area contributed by atoms with E-state index < -0.39 is 9.71 Å². The smallest absolute Gasteiger partial charge is 0.228 e. The van der Waals surface area contributed by atoms with E-state index in [1.807, 2.05) is 12.1 Å². The summed E-state index contributed by atoms with van der Waals surface area (Å²) in [5.74, 6) is -0.108. The topological polar surface area (TPSA) is 86.8 Å². The van der Waals surface area contributed by atoms with Crippen molar-refractivity contribution in [3.63, 3.8) is 0 Å². The quantitative estimate of drug-likeness (QED) is 0.623. The van der Waals surface area contributed by atoms with Crippen molar-refractivity contribution in [1.82, 2.24) is 4.31 Å². The highest BCUT2D eigenvalue weighted by Crippen LogP contribution is 2.28. The van der Waals surface area contributed by atoms with Crippen molar-refractivity contribution in [2.24, 2.45) is 0 Å². The molecule has 2 aromatic rings. The number of hydrogen-bond donors (Lipinski definition) is 1. The average Bonchev–Trinajstić information content (AvgIpc) is 3.12. The van der Waals surface area contributed by atoms with Crippen LogP contribution < -0.4 is 10.2 Å².